The van der Waals surface area contributed by atoms with Gasteiger partial charge in [0.1, 0.15) is 5.15 Å². The summed E-state index contributed by atoms with van der Waals surface area (Å²) in [4.78, 5) is 15.9. The van der Waals surface area contributed by atoms with Crippen LogP contribution in [0.25, 0.3) is 10.9 Å². The van der Waals surface area contributed by atoms with Crippen LogP contribution >= 0.6 is 24.0 Å². The minimum atomic E-state index is -0.140. The third-order valence-electron chi connectivity index (χ3n) is 6.35. The van der Waals surface area contributed by atoms with Gasteiger partial charge in [0.05, 0.1) is 11.6 Å². The Bertz CT molecular complexity index is 839. The van der Waals surface area contributed by atoms with Crippen molar-refractivity contribution in [3.05, 3.63) is 34.5 Å². The minimum absolute atomic E-state index is 0. The molecule has 6 heteroatoms. The van der Waals surface area contributed by atoms with E-state index < -0.39 is 0 Å². The van der Waals surface area contributed by atoms with Gasteiger partial charge >= 0.3 is 0 Å². The fourth-order valence-corrected chi connectivity index (χ4v) is 5.30. The molecule has 4 aliphatic rings. The Kier molecular flexibility index (Phi) is 4.35. The second kappa shape index (κ2) is 6.27. The first-order chi connectivity index (χ1) is 11.6. The van der Waals surface area contributed by atoms with E-state index in [4.69, 9.17) is 11.6 Å². The first kappa shape index (κ1) is 17.3. The Labute approximate surface area is 158 Å². The van der Waals surface area contributed by atoms with Gasteiger partial charge in [-0.05, 0) is 61.9 Å². The maximum Gasteiger partial charge on any atom is 0.249 e. The molecule has 4 nitrogen and oxygen atoms in total. The molecule has 2 atom stereocenters. The van der Waals surface area contributed by atoms with Gasteiger partial charge in [0.25, 0.3) is 0 Å². The van der Waals surface area contributed by atoms with Crippen LogP contribution in [0.3, 0.4) is 0 Å². The van der Waals surface area contributed by atoms with Crippen LogP contribution in [-0.2, 0) is 6.54 Å². The second-order valence-electron chi connectivity index (χ2n) is 7.61. The van der Waals surface area contributed by atoms with Crippen LogP contribution < -0.4 is 5.32 Å². The molecule has 0 radical (unpaired) electrons. The first-order valence-electron chi connectivity index (χ1n) is 8.93. The van der Waals surface area contributed by atoms with Crippen LogP contribution in [0.4, 0.5) is 0 Å². The van der Waals surface area contributed by atoms with E-state index in [0.717, 1.165) is 24.0 Å². The van der Waals surface area contributed by atoms with Crippen LogP contribution in [0.15, 0.2) is 18.2 Å². The number of nitrogens with zero attached hydrogens (tertiary/aromatic N) is 2. The standard InChI is InChI=1S/C19H22ClN3O.ClH/c1-11-2-3-13-9-21-17(15-10-22-6-4-12(15)5-7-22)19(24)23-16(20)8-14(11)18(13)23;/h2-3,8,12,15,17,21H,4-7,9-10H2,1H3;1H/t15?,17-;/m0./s1. The number of nitrogens with one attached hydrogen (secondary N) is 1. The van der Waals surface area contributed by atoms with Gasteiger partial charge in [0.15, 0.2) is 0 Å². The lowest BCUT2D eigenvalue weighted by atomic mass is 9.75. The molecule has 4 aliphatic heterocycles. The molecular formula is C19H23Cl2N3O. The number of aryl methyl sites for hydroxylation is 1. The van der Waals surface area contributed by atoms with Gasteiger partial charge in [0, 0.05) is 18.5 Å². The van der Waals surface area contributed by atoms with Crippen molar-refractivity contribution in [3.8, 4) is 0 Å². The summed E-state index contributed by atoms with van der Waals surface area (Å²) in [6.07, 6.45) is 2.44. The van der Waals surface area contributed by atoms with Gasteiger partial charge in [-0.1, -0.05) is 23.7 Å². The Morgan fingerprint density at radius 3 is 2.68 bits per heavy atom. The van der Waals surface area contributed by atoms with Gasteiger partial charge in [-0.3, -0.25) is 9.36 Å². The zero-order chi connectivity index (χ0) is 16.4. The summed E-state index contributed by atoms with van der Waals surface area (Å²) in [5.41, 5.74) is 3.34. The van der Waals surface area contributed by atoms with E-state index in [-0.39, 0.29) is 24.4 Å². The maximum atomic E-state index is 13.4. The lowest BCUT2D eigenvalue weighted by Gasteiger charge is -2.47. The van der Waals surface area contributed by atoms with Gasteiger partial charge < -0.3 is 10.2 Å². The van der Waals surface area contributed by atoms with E-state index in [2.05, 4.69) is 29.3 Å². The summed E-state index contributed by atoms with van der Waals surface area (Å²) in [7, 11) is 0. The zero-order valence-corrected chi connectivity index (χ0v) is 15.9. The predicted octanol–water partition coefficient (Wildman–Crippen LogP) is 3.48. The Morgan fingerprint density at radius 2 is 2.00 bits per heavy atom. The number of rotatable bonds is 1. The minimum Gasteiger partial charge on any atom is -0.303 e. The summed E-state index contributed by atoms with van der Waals surface area (Å²) in [6, 6.07) is 6.06. The van der Waals surface area contributed by atoms with E-state index >= 15 is 0 Å². The number of aromatic nitrogens is 1. The number of carbonyl (C=O) groups excluding carboxylic acids is 1. The van der Waals surface area contributed by atoms with E-state index in [1.165, 1.54) is 37.1 Å². The third-order valence-corrected chi connectivity index (χ3v) is 6.63. The molecule has 1 N–H and O–H groups in total. The number of benzene rings is 1. The predicted molar refractivity (Wildman–Crippen MR) is 103 cm³/mol. The molecule has 6 rings (SSSR count). The summed E-state index contributed by atoms with van der Waals surface area (Å²) in [5, 5.41) is 5.21. The van der Waals surface area contributed by atoms with Crippen LogP contribution in [0.5, 0.6) is 0 Å². The fraction of sp³-hybridized carbons (Fsp3) is 0.526. The zero-order valence-electron chi connectivity index (χ0n) is 14.3. The molecule has 25 heavy (non-hydrogen) atoms. The number of hydrogen-bond acceptors (Lipinski definition) is 3. The van der Waals surface area contributed by atoms with Crippen LogP contribution in [-0.4, -0.2) is 41.1 Å². The average Bonchev–Trinajstić information content (AvgIpc) is 2.88. The van der Waals surface area contributed by atoms with Gasteiger partial charge in [-0.25, -0.2) is 0 Å². The average molecular weight is 380 g/mol. The third kappa shape index (κ3) is 2.54. The molecule has 5 heterocycles. The van der Waals surface area contributed by atoms with Crippen LogP contribution in [0.2, 0.25) is 5.15 Å². The highest BCUT2D eigenvalue weighted by molar-refractivity contribution is 6.32. The molecule has 1 aromatic heterocycles. The van der Waals surface area contributed by atoms with Gasteiger partial charge in [-0.15, -0.1) is 12.4 Å². The monoisotopic (exact) mass is 379 g/mol. The van der Waals surface area contributed by atoms with E-state index in [9.17, 15) is 4.79 Å². The van der Waals surface area contributed by atoms with Crippen LogP contribution in [0, 0.1) is 18.8 Å². The number of piperidine rings is 3. The van der Waals surface area contributed by atoms with Crippen LogP contribution in [0.1, 0.15) is 28.8 Å². The van der Waals surface area contributed by atoms with E-state index in [1.54, 1.807) is 4.57 Å². The van der Waals surface area contributed by atoms with Gasteiger partial charge in [-0.2, -0.15) is 0 Å². The van der Waals surface area contributed by atoms with Crippen molar-refractivity contribution in [1.29, 1.82) is 0 Å². The molecule has 0 aliphatic carbocycles. The van der Waals surface area contributed by atoms with Crippen molar-refractivity contribution in [2.45, 2.75) is 32.4 Å². The van der Waals surface area contributed by atoms with E-state index in [0.29, 0.717) is 17.0 Å². The first-order valence-corrected chi connectivity index (χ1v) is 9.30. The highest BCUT2D eigenvalue weighted by Crippen LogP contribution is 2.37. The largest absolute Gasteiger partial charge is 0.303 e. The normalized spacial score (nSPS) is 31.0. The molecule has 134 valence electrons. The highest BCUT2D eigenvalue weighted by atomic mass is 35.5. The number of fused-ring (bicyclic) bond motifs is 3. The summed E-state index contributed by atoms with van der Waals surface area (Å²) in [5.74, 6) is 1.17. The molecule has 0 spiro atoms. The molecule has 0 saturated carbocycles. The van der Waals surface area contributed by atoms with Crippen molar-refractivity contribution < 1.29 is 4.79 Å². The summed E-state index contributed by atoms with van der Waals surface area (Å²) >= 11 is 6.50. The van der Waals surface area contributed by atoms with Crippen molar-refractivity contribution >= 4 is 40.8 Å². The van der Waals surface area contributed by atoms with Crippen molar-refractivity contribution in [2.24, 2.45) is 11.8 Å². The molecule has 3 saturated heterocycles. The topological polar surface area (TPSA) is 37.3 Å². The molecule has 0 amide bonds. The number of carbonyl (C=O) groups is 1. The number of hydrogen-bond donors (Lipinski definition) is 1. The molecular weight excluding hydrogens is 357 g/mol. The highest BCUT2D eigenvalue weighted by Gasteiger charge is 2.43. The fourth-order valence-electron chi connectivity index (χ4n) is 5.02. The lowest BCUT2D eigenvalue weighted by Crippen LogP contribution is -2.57. The SMILES string of the molecule is Cc1ccc2c3c1cc(Cl)n3C(=O)[C@H](C1CN3CCC1CC3)NC2.Cl. The van der Waals surface area contributed by atoms with Gasteiger partial charge in [0.2, 0.25) is 5.91 Å². The Balaban J connectivity index is 0.00000157. The molecule has 3 fully saturated rings. The van der Waals surface area contributed by atoms with Crippen molar-refractivity contribution in [2.75, 3.05) is 19.6 Å². The number of halogens is 2. The van der Waals surface area contributed by atoms with Crippen molar-refractivity contribution in [1.82, 2.24) is 14.8 Å². The Hall–Kier alpha value is -1.07. The molecule has 2 aromatic rings. The smallest absolute Gasteiger partial charge is 0.249 e. The summed E-state index contributed by atoms with van der Waals surface area (Å²) in [6.45, 7) is 6.22. The second-order valence-corrected chi connectivity index (χ2v) is 7.99. The maximum absolute atomic E-state index is 13.4. The molecule has 1 unspecified atom stereocenters. The van der Waals surface area contributed by atoms with E-state index in [1.807, 2.05) is 6.07 Å². The quantitative estimate of drug-likeness (QED) is 0.823. The summed E-state index contributed by atoms with van der Waals surface area (Å²) < 4.78 is 1.77. The Morgan fingerprint density at radius 1 is 1.24 bits per heavy atom. The van der Waals surface area contributed by atoms with Crippen molar-refractivity contribution in [3.63, 3.8) is 0 Å². The molecule has 2 bridgehead atoms. The lowest BCUT2D eigenvalue weighted by molar-refractivity contribution is 0.0266. The molecule has 1 aromatic carbocycles.